The second-order valence-corrected chi connectivity index (χ2v) is 3.34. The Kier molecular flexibility index (Phi) is 1.93. The normalized spacial score (nSPS) is 14.9. The molecule has 65 valence electrons. The SMILES string of the molecule is CC1=C(c2ccc(C)cc2)[N]C=C1. The van der Waals surface area contributed by atoms with Gasteiger partial charge in [-0.05, 0) is 25.5 Å². The van der Waals surface area contributed by atoms with E-state index in [1.807, 2.05) is 12.3 Å². The molecule has 1 nitrogen and oxygen atoms in total. The van der Waals surface area contributed by atoms with Crippen LogP contribution in [0.15, 0.2) is 42.1 Å². The third-order valence-electron chi connectivity index (χ3n) is 2.23. The summed E-state index contributed by atoms with van der Waals surface area (Å²) < 4.78 is 0. The number of benzene rings is 1. The molecule has 1 aromatic rings. The highest BCUT2D eigenvalue weighted by molar-refractivity contribution is 5.72. The summed E-state index contributed by atoms with van der Waals surface area (Å²) in [4.78, 5) is 0. The zero-order chi connectivity index (χ0) is 9.26. The standard InChI is InChI=1S/C12H12N/c1-9-3-5-11(6-4-9)12-10(2)7-8-13-12/h3-8H,1-2H3. The molecule has 0 bridgehead atoms. The minimum atomic E-state index is 1.10. The van der Waals surface area contributed by atoms with Crippen LogP contribution in [0.3, 0.4) is 0 Å². The van der Waals surface area contributed by atoms with Gasteiger partial charge in [-0.15, -0.1) is 0 Å². The van der Waals surface area contributed by atoms with E-state index in [0.717, 1.165) is 5.70 Å². The summed E-state index contributed by atoms with van der Waals surface area (Å²) >= 11 is 0. The predicted octanol–water partition coefficient (Wildman–Crippen LogP) is 2.86. The molecule has 2 rings (SSSR count). The van der Waals surface area contributed by atoms with Crippen molar-refractivity contribution in [2.75, 3.05) is 0 Å². The van der Waals surface area contributed by atoms with Gasteiger partial charge in [-0.2, -0.15) is 0 Å². The van der Waals surface area contributed by atoms with Crippen LogP contribution >= 0.6 is 0 Å². The second-order valence-electron chi connectivity index (χ2n) is 3.34. The van der Waals surface area contributed by atoms with E-state index in [1.54, 1.807) is 0 Å². The van der Waals surface area contributed by atoms with Gasteiger partial charge in [0.15, 0.2) is 0 Å². The Morgan fingerprint density at radius 3 is 2.23 bits per heavy atom. The fourth-order valence-electron chi connectivity index (χ4n) is 1.42. The third-order valence-corrected chi connectivity index (χ3v) is 2.23. The Hall–Kier alpha value is -1.50. The van der Waals surface area contributed by atoms with Crippen molar-refractivity contribution in [2.45, 2.75) is 13.8 Å². The van der Waals surface area contributed by atoms with E-state index in [2.05, 4.69) is 43.4 Å². The van der Waals surface area contributed by atoms with Gasteiger partial charge < -0.3 is 0 Å². The Morgan fingerprint density at radius 2 is 1.69 bits per heavy atom. The van der Waals surface area contributed by atoms with Crippen molar-refractivity contribution in [2.24, 2.45) is 0 Å². The minimum absolute atomic E-state index is 1.10. The first-order valence-electron chi connectivity index (χ1n) is 4.43. The lowest BCUT2D eigenvalue weighted by Gasteiger charge is -2.03. The van der Waals surface area contributed by atoms with E-state index in [0.29, 0.717) is 0 Å². The number of nitrogens with zero attached hydrogens (tertiary/aromatic N) is 1. The second kappa shape index (κ2) is 3.09. The minimum Gasteiger partial charge on any atom is -0.256 e. The van der Waals surface area contributed by atoms with Crippen molar-refractivity contribution >= 4 is 5.70 Å². The molecule has 13 heavy (non-hydrogen) atoms. The highest BCUT2D eigenvalue weighted by atomic mass is 14.9. The van der Waals surface area contributed by atoms with Gasteiger partial charge >= 0.3 is 0 Å². The van der Waals surface area contributed by atoms with E-state index in [-0.39, 0.29) is 0 Å². The maximum absolute atomic E-state index is 4.32. The van der Waals surface area contributed by atoms with E-state index in [1.165, 1.54) is 16.7 Å². The number of hydrogen-bond acceptors (Lipinski definition) is 0. The summed E-state index contributed by atoms with van der Waals surface area (Å²) in [6.45, 7) is 4.18. The fourth-order valence-corrected chi connectivity index (χ4v) is 1.42. The van der Waals surface area contributed by atoms with Crippen LogP contribution in [-0.4, -0.2) is 0 Å². The molecule has 0 amide bonds. The van der Waals surface area contributed by atoms with Crippen molar-refractivity contribution in [1.29, 1.82) is 0 Å². The van der Waals surface area contributed by atoms with Crippen LogP contribution in [0, 0.1) is 6.92 Å². The molecule has 0 N–H and O–H groups in total. The third kappa shape index (κ3) is 1.50. The van der Waals surface area contributed by atoms with Crippen LogP contribution < -0.4 is 5.32 Å². The molecular weight excluding hydrogens is 158 g/mol. The summed E-state index contributed by atoms with van der Waals surface area (Å²) in [7, 11) is 0. The highest BCUT2D eigenvalue weighted by Crippen LogP contribution is 2.22. The Balaban J connectivity index is 2.37. The van der Waals surface area contributed by atoms with Crippen molar-refractivity contribution in [3.8, 4) is 0 Å². The van der Waals surface area contributed by atoms with Crippen LogP contribution in [0.2, 0.25) is 0 Å². The molecule has 0 saturated carbocycles. The quantitative estimate of drug-likeness (QED) is 0.615. The van der Waals surface area contributed by atoms with Gasteiger partial charge in [0, 0.05) is 11.8 Å². The zero-order valence-corrected chi connectivity index (χ0v) is 7.91. The average Bonchev–Trinajstić information content (AvgIpc) is 2.53. The van der Waals surface area contributed by atoms with E-state index in [9.17, 15) is 0 Å². The van der Waals surface area contributed by atoms with E-state index in [4.69, 9.17) is 0 Å². The molecule has 0 aliphatic carbocycles. The topological polar surface area (TPSA) is 14.1 Å². The molecule has 0 fully saturated rings. The summed E-state index contributed by atoms with van der Waals surface area (Å²) in [6, 6.07) is 8.46. The van der Waals surface area contributed by atoms with Crippen LogP contribution in [0.25, 0.3) is 5.70 Å². The lowest BCUT2D eigenvalue weighted by molar-refractivity contribution is 1.21. The smallest absolute Gasteiger partial charge is 0.0731 e. The maximum Gasteiger partial charge on any atom is 0.0731 e. The predicted molar refractivity (Wildman–Crippen MR) is 55.0 cm³/mol. The molecule has 1 aromatic carbocycles. The van der Waals surface area contributed by atoms with Gasteiger partial charge in [-0.25, -0.2) is 0 Å². The summed E-state index contributed by atoms with van der Waals surface area (Å²) in [5.41, 5.74) is 4.82. The number of hydrogen-bond donors (Lipinski definition) is 0. The molecule has 1 radical (unpaired) electrons. The molecule has 0 aromatic heterocycles. The molecule has 1 heterocycles. The lowest BCUT2D eigenvalue weighted by atomic mass is 10.1. The first-order valence-corrected chi connectivity index (χ1v) is 4.43. The van der Waals surface area contributed by atoms with Gasteiger partial charge in [-0.1, -0.05) is 29.8 Å². The summed E-state index contributed by atoms with van der Waals surface area (Å²) in [6.07, 6.45) is 3.89. The summed E-state index contributed by atoms with van der Waals surface area (Å²) in [5, 5.41) is 4.32. The first kappa shape index (κ1) is 8.11. The number of aryl methyl sites for hydroxylation is 1. The van der Waals surface area contributed by atoms with Crippen molar-refractivity contribution in [1.82, 2.24) is 5.32 Å². The van der Waals surface area contributed by atoms with Gasteiger partial charge in [0.2, 0.25) is 0 Å². The first-order chi connectivity index (χ1) is 6.27. The molecule has 1 aliphatic heterocycles. The van der Waals surface area contributed by atoms with Gasteiger partial charge in [0.1, 0.15) is 0 Å². The van der Waals surface area contributed by atoms with Crippen molar-refractivity contribution in [3.63, 3.8) is 0 Å². The Bertz CT molecular complexity index is 369. The molecular formula is C12H12N. The summed E-state index contributed by atoms with van der Waals surface area (Å²) in [5.74, 6) is 0. The lowest BCUT2D eigenvalue weighted by Crippen LogP contribution is -1.93. The largest absolute Gasteiger partial charge is 0.256 e. The van der Waals surface area contributed by atoms with E-state index < -0.39 is 0 Å². The molecule has 0 saturated heterocycles. The number of rotatable bonds is 1. The molecule has 1 aliphatic rings. The maximum atomic E-state index is 4.32. The molecule has 0 atom stereocenters. The van der Waals surface area contributed by atoms with Crippen molar-refractivity contribution < 1.29 is 0 Å². The van der Waals surface area contributed by atoms with Gasteiger partial charge in [-0.3, -0.25) is 5.32 Å². The highest BCUT2D eigenvalue weighted by Gasteiger charge is 2.07. The van der Waals surface area contributed by atoms with Crippen LogP contribution in [0.1, 0.15) is 18.1 Å². The fraction of sp³-hybridized carbons (Fsp3) is 0.167. The van der Waals surface area contributed by atoms with Gasteiger partial charge in [0.25, 0.3) is 0 Å². The van der Waals surface area contributed by atoms with Gasteiger partial charge in [0.05, 0.1) is 5.70 Å². The zero-order valence-electron chi connectivity index (χ0n) is 7.91. The molecule has 0 spiro atoms. The molecule has 0 unspecified atom stereocenters. The number of allylic oxidation sites excluding steroid dienone is 2. The Morgan fingerprint density at radius 1 is 1.00 bits per heavy atom. The van der Waals surface area contributed by atoms with Crippen LogP contribution in [-0.2, 0) is 0 Å². The average molecular weight is 170 g/mol. The van der Waals surface area contributed by atoms with Crippen LogP contribution in [0.5, 0.6) is 0 Å². The van der Waals surface area contributed by atoms with Crippen molar-refractivity contribution in [3.05, 3.63) is 53.2 Å². The van der Waals surface area contributed by atoms with Crippen LogP contribution in [0.4, 0.5) is 0 Å². The monoisotopic (exact) mass is 170 g/mol. The van der Waals surface area contributed by atoms with E-state index >= 15 is 0 Å². The molecule has 1 heteroatoms. The Labute approximate surface area is 78.8 Å².